The summed E-state index contributed by atoms with van der Waals surface area (Å²) in [6, 6.07) is 11.4. The highest BCUT2D eigenvalue weighted by Gasteiger charge is 2.67. The number of amides is 3. The number of benzene rings is 2. The van der Waals surface area contributed by atoms with Crippen molar-refractivity contribution in [2.75, 3.05) is 11.4 Å². The first-order valence-corrected chi connectivity index (χ1v) is 11.3. The van der Waals surface area contributed by atoms with Gasteiger partial charge in [0.2, 0.25) is 11.8 Å². The Bertz CT molecular complexity index is 1190. The molecule has 5 rings (SSSR count). The Morgan fingerprint density at radius 3 is 2.52 bits per heavy atom. The van der Waals surface area contributed by atoms with Gasteiger partial charge in [0.05, 0.1) is 30.2 Å². The molecule has 3 amide bonds. The van der Waals surface area contributed by atoms with Crippen LogP contribution in [0.1, 0.15) is 5.56 Å². The Morgan fingerprint density at radius 1 is 1.06 bits per heavy atom. The van der Waals surface area contributed by atoms with E-state index in [1.165, 1.54) is 4.90 Å². The molecule has 33 heavy (non-hydrogen) atoms. The lowest BCUT2D eigenvalue weighted by molar-refractivity contribution is -0.126. The van der Waals surface area contributed by atoms with Crippen LogP contribution in [-0.2, 0) is 25.7 Å². The van der Waals surface area contributed by atoms with Gasteiger partial charge >= 0.3 is 6.09 Å². The molecule has 0 aromatic heterocycles. The maximum absolute atomic E-state index is 13.3. The van der Waals surface area contributed by atoms with Gasteiger partial charge in [-0.1, -0.05) is 53.0 Å². The number of hydrogen-bond donors (Lipinski definition) is 1. The molecule has 3 aliphatic rings. The quantitative estimate of drug-likeness (QED) is 0.479. The van der Waals surface area contributed by atoms with Crippen LogP contribution in [0.15, 0.2) is 54.6 Å². The predicted octanol–water partition coefficient (Wildman–Crippen LogP) is 4.39. The van der Waals surface area contributed by atoms with Gasteiger partial charge in [0.25, 0.3) is 0 Å². The van der Waals surface area contributed by atoms with Gasteiger partial charge in [0.1, 0.15) is 12.2 Å². The van der Waals surface area contributed by atoms with Crippen LogP contribution in [0.25, 0.3) is 0 Å². The van der Waals surface area contributed by atoms with Gasteiger partial charge in [-0.2, -0.15) is 0 Å². The fourth-order valence-corrected chi connectivity index (χ4v) is 5.18. The van der Waals surface area contributed by atoms with E-state index >= 15 is 0 Å². The number of carbonyl (C=O) groups excluding carboxylic acids is 3. The first-order chi connectivity index (χ1) is 15.8. The fourth-order valence-electron chi connectivity index (χ4n) is 4.59. The molecule has 7 nitrogen and oxygen atoms in total. The second kappa shape index (κ2) is 8.33. The largest absolute Gasteiger partial charge is 0.445 e. The average molecular weight is 508 g/mol. The summed E-state index contributed by atoms with van der Waals surface area (Å²) < 4.78 is 11.3. The molecule has 1 N–H and O–H groups in total. The van der Waals surface area contributed by atoms with Crippen molar-refractivity contribution in [1.82, 2.24) is 5.32 Å². The summed E-state index contributed by atoms with van der Waals surface area (Å²) in [6.07, 6.45) is 2.27. The summed E-state index contributed by atoms with van der Waals surface area (Å²) in [5.74, 6) is -2.10. The highest BCUT2D eigenvalue weighted by molar-refractivity contribution is 6.35. The number of fused-ring (bicyclic) bond motifs is 5. The molecule has 0 saturated carbocycles. The summed E-state index contributed by atoms with van der Waals surface area (Å²) >= 11 is 17.9. The minimum absolute atomic E-state index is 0.0260. The van der Waals surface area contributed by atoms with Crippen molar-refractivity contribution in [3.63, 3.8) is 0 Å². The number of alkyl carbamates (subject to hydrolysis) is 1. The second-order valence-corrected chi connectivity index (χ2v) is 9.33. The zero-order valence-electron chi connectivity index (χ0n) is 17.0. The van der Waals surface area contributed by atoms with Crippen LogP contribution in [0.4, 0.5) is 10.5 Å². The Balaban J connectivity index is 1.27. The number of carbonyl (C=O) groups is 3. The average Bonchev–Trinajstić information content (AvgIpc) is 3.43. The molecular formula is C23H17Cl3N2O5. The number of imide groups is 1. The Labute approximate surface area is 204 Å². The number of ether oxygens (including phenoxy) is 2. The van der Waals surface area contributed by atoms with Crippen LogP contribution >= 0.6 is 34.8 Å². The van der Waals surface area contributed by atoms with E-state index in [4.69, 9.17) is 44.3 Å². The molecule has 170 valence electrons. The van der Waals surface area contributed by atoms with E-state index in [2.05, 4.69) is 5.32 Å². The van der Waals surface area contributed by atoms with Gasteiger partial charge < -0.3 is 14.8 Å². The summed E-state index contributed by atoms with van der Waals surface area (Å²) in [4.78, 5) is 39.9. The third kappa shape index (κ3) is 3.79. The Morgan fingerprint density at radius 2 is 1.79 bits per heavy atom. The van der Waals surface area contributed by atoms with Crippen molar-refractivity contribution in [3.05, 3.63) is 75.2 Å². The number of nitrogens with zero attached hydrogens (tertiary/aromatic N) is 1. The minimum Gasteiger partial charge on any atom is -0.445 e. The van der Waals surface area contributed by atoms with Crippen LogP contribution in [-0.4, -0.2) is 36.2 Å². The summed E-state index contributed by atoms with van der Waals surface area (Å²) in [7, 11) is 0. The molecule has 2 fully saturated rings. The van der Waals surface area contributed by atoms with E-state index in [0.29, 0.717) is 26.3 Å². The van der Waals surface area contributed by atoms with E-state index in [0.717, 1.165) is 0 Å². The van der Waals surface area contributed by atoms with Crippen molar-refractivity contribution in [2.24, 2.45) is 11.8 Å². The van der Waals surface area contributed by atoms with Crippen molar-refractivity contribution in [1.29, 1.82) is 0 Å². The lowest BCUT2D eigenvalue weighted by atomic mass is 9.77. The molecule has 2 aromatic rings. The molecule has 0 radical (unpaired) electrons. The highest BCUT2D eigenvalue weighted by Crippen LogP contribution is 2.52. The highest BCUT2D eigenvalue weighted by atomic mass is 35.5. The van der Waals surface area contributed by atoms with Gasteiger partial charge in [-0.3, -0.25) is 9.59 Å². The monoisotopic (exact) mass is 506 g/mol. The van der Waals surface area contributed by atoms with Gasteiger partial charge in [-0.25, -0.2) is 9.69 Å². The number of anilines is 1. The molecule has 0 aliphatic carbocycles. The number of rotatable bonds is 5. The molecule has 4 atom stereocenters. The van der Waals surface area contributed by atoms with E-state index < -0.39 is 29.6 Å². The fraction of sp³-hybridized carbons (Fsp3) is 0.261. The smallest absolute Gasteiger partial charge is 0.407 e. The normalized spacial score (nSPS) is 27.2. The van der Waals surface area contributed by atoms with E-state index in [-0.39, 0.29) is 25.0 Å². The molecule has 0 spiro atoms. The zero-order valence-corrected chi connectivity index (χ0v) is 19.2. The van der Waals surface area contributed by atoms with Crippen LogP contribution < -0.4 is 10.2 Å². The van der Waals surface area contributed by atoms with Crippen LogP contribution in [0.3, 0.4) is 0 Å². The topological polar surface area (TPSA) is 84.9 Å². The van der Waals surface area contributed by atoms with E-state index in [9.17, 15) is 14.4 Å². The van der Waals surface area contributed by atoms with Gasteiger partial charge in [-0.05, 0) is 36.4 Å². The van der Waals surface area contributed by atoms with Gasteiger partial charge in [0.15, 0.2) is 0 Å². The Hall–Kier alpha value is -2.58. The first kappa shape index (κ1) is 22.2. The van der Waals surface area contributed by atoms with Crippen LogP contribution in [0.2, 0.25) is 15.1 Å². The van der Waals surface area contributed by atoms with Gasteiger partial charge in [0, 0.05) is 20.6 Å². The molecule has 0 unspecified atom stereocenters. The first-order valence-electron chi connectivity index (χ1n) is 10.1. The summed E-state index contributed by atoms with van der Waals surface area (Å²) in [5.41, 5.74) is -0.0756. The third-order valence-corrected chi connectivity index (χ3v) is 6.96. The van der Waals surface area contributed by atoms with Crippen molar-refractivity contribution in [2.45, 2.75) is 18.3 Å². The molecular weight excluding hydrogens is 491 g/mol. The molecule has 2 saturated heterocycles. The second-order valence-electron chi connectivity index (χ2n) is 8.05. The van der Waals surface area contributed by atoms with E-state index in [1.807, 2.05) is 0 Å². The molecule has 2 aromatic carbocycles. The maximum Gasteiger partial charge on any atom is 0.407 e. The van der Waals surface area contributed by atoms with E-state index in [1.54, 1.807) is 54.6 Å². The number of nitrogens with one attached hydrogen (secondary N) is 1. The van der Waals surface area contributed by atoms with Crippen LogP contribution in [0, 0.1) is 11.8 Å². The zero-order chi connectivity index (χ0) is 23.3. The number of halogens is 3. The molecule has 10 heteroatoms. The SMILES string of the molecule is O=C(NC[C@@]12C=C[C@@H](O1)[C@@H]1C(=O)N(c3ccc(Cl)cc3)C(=O)[C@@H]12)OCc1ccc(Cl)cc1Cl. The molecule has 3 aliphatic heterocycles. The summed E-state index contributed by atoms with van der Waals surface area (Å²) in [5, 5.41) is 4.01. The predicted molar refractivity (Wildman–Crippen MR) is 122 cm³/mol. The minimum atomic E-state index is -1.12. The van der Waals surface area contributed by atoms with Crippen molar-refractivity contribution in [3.8, 4) is 0 Å². The van der Waals surface area contributed by atoms with Crippen LogP contribution in [0.5, 0.6) is 0 Å². The Kier molecular flexibility index (Phi) is 5.61. The van der Waals surface area contributed by atoms with Crippen molar-refractivity contribution >= 4 is 58.4 Å². The number of hydrogen-bond acceptors (Lipinski definition) is 5. The maximum atomic E-state index is 13.3. The summed E-state index contributed by atoms with van der Waals surface area (Å²) in [6.45, 7) is -0.0796. The van der Waals surface area contributed by atoms with Crippen molar-refractivity contribution < 1.29 is 23.9 Å². The van der Waals surface area contributed by atoms with Gasteiger partial charge in [-0.15, -0.1) is 0 Å². The molecule has 3 heterocycles. The molecule has 2 bridgehead atoms. The lowest BCUT2D eigenvalue weighted by Crippen LogP contribution is -2.49. The third-order valence-electron chi connectivity index (χ3n) is 6.12. The standard InChI is InChI=1S/C23H17Cl3N2O5/c24-13-3-5-15(6-4-13)28-20(29)18-17-7-8-23(33-17,19(18)21(28)30)11-27-22(31)32-10-12-1-2-14(25)9-16(12)26/h1-9,17-19H,10-11H2,(H,27,31)/t17-,18+,19-,23-/m1/s1. The lowest BCUT2D eigenvalue weighted by Gasteiger charge is -2.28.